The number of aliphatic imine (C=N–C) groups is 1. The summed E-state index contributed by atoms with van der Waals surface area (Å²) in [5, 5.41) is 6.51. The third kappa shape index (κ3) is 6.78. The summed E-state index contributed by atoms with van der Waals surface area (Å²) < 4.78 is 35.5. The van der Waals surface area contributed by atoms with Crippen molar-refractivity contribution in [2.24, 2.45) is 4.99 Å². The first-order valence-corrected chi connectivity index (χ1v) is 10.4. The van der Waals surface area contributed by atoms with Gasteiger partial charge in [0.15, 0.2) is 5.96 Å². The minimum atomic E-state index is -2.87. The monoisotopic (exact) mass is 433 g/mol. The normalized spacial score (nSPS) is 14.6. The van der Waals surface area contributed by atoms with Crippen LogP contribution in [0.4, 0.5) is 14.6 Å². The van der Waals surface area contributed by atoms with E-state index >= 15 is 0 Å². The Kier molecular flexibility index (Phi) is 8.40. The second kappa shape index (κ2) is 11.5. The van der Waals surface area contributed by atoms with Gasteiger partial charge in [0.05, 0.1) is 19.8 Å². The molecule has 31 heavy (non-hydrogen) atoms. The van der Waals surface area contributed by atoms with Crippen LogP contribution in [-0.2, 0) is 17.8 Å². The van der Waals surface area contributed by atoms with Crippen LogP contribution in [0.5, 0.6) is 5.75 Å². The van der Waals surface area contributed by atoms with E-state index in [1.165, 1.54) is 0 Å². The van der Waals surface area contributed by atoms with Crippen LogP contribution in [0.2, 0.25) is 0 Å². The van der Waals surface area contributed by atoms with Gasteiger partial charge in [-0.25, -0.2) is 9.98 Å². The summed E-state index contributed by atoms with van der Waals surface area (Å²) in [6.45, 7) is 5.39. The molecule has 2 heterocycles. The number of aryl methyl sites for hydroxylation is 1. The van der Waals surface area contributed by atoms with Crippen LogP contribution in [0, 0.1) is 6.92 Å². The Morgan fingerprint density at radius 3 is 2.77 bits per heavy atom. The second-order valence-electron chi connectivity index (χ2n) is 7.12. The number of aromatic nitrogens is 1. The lowest BCUT2D eigenvalue weighted by atomic mass is 10.1. The van der Waals surface area contributed by atoms with Crippen molar-refractivity contribution < 1.29 is 18.3 Å². The lowest BCUT2D eigenvalue weighted by Crippen LogP contribution is -2.39. The summed E-state index contributed by atoms with van der Waals surface area (Å²) in [6.07, 6.45) is 1.79. The summed E-state index contributed by atoms with van der Waals surface area (Å²) >= 11 is 0. The van der Waals surface area contributed by atoms with Crippen molar-refractivity contribution in [1.29, 1.82) is 0 Å². The molecular formula is C22H29F2N5O2. The topological polar surface area (TPSA) is 71.0 Å². The molecule has 3 rings (SSSR count). The number of nitrogens with one attached hydrogen (secondary N) is 2. The number of guanidine groups is 1. The van der Waals surface area contributed by atoms with Gasteiger partial charge in [0.1, 0.15) is 11.6 Å². The Morgan fingerprint density at radius 1 is 1.23 bits per heavy atom. The maximum atomic E-state index is 12.7. The van der Waals surface area contributed by atoms with Gasteiger partial charge in [-0.15, -0.1) is 0 Å². The fourth-order valence-electron chi connectivity index (χ4n) is 3.36. The summed E-state index contributed by atoms with van der Waals surface area (Å²) in [7, 11) is 0. The molecule has 0 atom stereocenters. The van der Waals surface area contributed by atoms with Crippen molar-refractivity contribution in [3.8, 4) is 5.75 Å². The number of morpholine rings is 1. The van der Waals surface area contributed by atoms with Crippen LogP contribution < -0.4 is 20.3 Å². The number of hydrogen-bond acceptors (Lipinski definition) is 5. The lowest BCUT2D eigenvalue weighted by molar-refractivity contribution is -0.0504. The number of anilines is 1. The molecule has 1 aliphatic heterocycles. The van der Waals surface area contributed by atoms with E-state index in [2.05, 4.69) is 30.2 Å². The molecular weight excluding hydrogens is 404 g/mol. The van der Waals surface area contributed by atoms with Crippen molar-refractivity contribution in [1.82, 2.24) is 15.6 Å². The average molecular weight is 434 g/mol. The van der Waals surface area contributed by atoms with Crippen LogP contribution >= 0.6 is 0 Å². The molecule has 9 heteroatoms. The van der Waals surface area contributed by atoms with Crippen LogP contribution in [0.15, 0.2) is 41.5 Å². The molecule has 7 nitrogen and oxygen atoms in total. The second-order valence-corrected chi connectivity index (χ2v) is 7.12. The van der Waals surface area contributed by atoms with Crippen LogP contribution in [0.1, 0.15) is 23.6 Å². The summed E-state index contributed by atoms with van der Waals surface area (Å²) in [5.74, 6) is 1.66. The fraction of sp³-hybridized carbons (Fsp3) is 0.455. The first kappa shape index (κ1) is 22.7. The van der Waals surface area contributed by atoms with Gasteiger partial charge in [0.25, 0.3) is 0 Å². The molecule has 0 saturated carbocycles. The summed E-state index contributed by atoms with van der Waals surface area (Å²) in [5.41, 5.74) is 2.61. The molecule has 1 aromatic carbocycles. The molecule has 0 amide bonds. The third-order valence-electron chi connectivity index (χ3n) is 4.81. The number of alkyl halides is 2. The zero-order valence-electron chi connectivity index (χ0n) is 17.9. The van der Waals surface area contributed by atoms with E-state index in [-0.39, 0.29) is 12.3 Å². The summed E-state index contributed by atoms with van der Waals surface area (Å²) in [4.78, 5) is 11.3. The van der Waals surface area contributed by atoms with E-state index in [0.29, 0.717) is 37.8 Å². The zero-order valence-corrected chi connectivity index (χ0v) is 17.9. The van der Waals surface area contributed by atoms with Gasteiger partial charge in [-0.1, -0.05) is 23.8 Å². The molecule has 1 saturated heterocycles. The Bertz CT molecular complexity index is 873. The summed E-state index contributed by atoms with van der Waals surface area (Å²) in [6, 6.07) is 9.04. The third-order valence-corrected chi connectivity index (χ3v) is 4.81. The highest BCUT2D eigenvalue weighted by Crippen LogP contribution is 2.23. The van der Waals surface area contributed by atoms with E-state index in [4.69, 9.17) is 4.74 Å². The molecule has 0 spiro atoms. The number of benzene rings is 1. The maximum Gasteiger partial charge on any atom is 0.387 e. The van der Waals surface area contributed by atoms with Crippen molar-refractivity contribution in [3.63, 3.8) is 0 Å². The minimum absolute atomic E-state index is 0.141. The van der Waals surface area contributed by atoms with Gasteiger partial charge in [-0.05, 0) is 26.0 Å². The van der Waals surface area contributed by atoms with E-state index in [1.54, 1.807) is 18.3 Å². The molecule has 1 aromatic heterocycles. The van der Waals surface area contributed by atoms with E-state index in [0.717, 1.165) is 30.0 Å². The predicted molar refractivity (Wildman–Crippen MR) is 117 cm³/mol. The first-order valence-electron chi connectivity index (χ1n) is 10.4. The molecule has 0 unspecified atom stereocenters. The average Bonchev–Trinajstić information content (AvgIpc) is 2.78. The van der Waals surface area contributed by atoms with Gasteiger partial charge in [-0.3, -0.25) is 0 Å². The lowest BCUT2D eigenvalue weighted by Gasteiger charge is -2.29. The van der Waals surface area contributed by atoms with Crippen molar-refractivity contribution in [2.75, 3.05) is 37.7 Å². The minimum Gasteiger partial charge on any atom is -0.434 e. The molecule has 0 radical (unpaired) electrons. The van der Waals surface area contributed by atoms with E-state index < -0.39 is 6.61 Å². The van der Waals surface area contributed by atoms with E-state index in [9.17, 15) is 8.78 Å². The molecule has 2 N–H and O–H groups in total. The molecule has 2 aromatic rings. The number of pyridine rings is 1. The Morgan fingerprint density at radius 2 is 2.03 bits per heavy atom. The largest absolute Gasteiger partial charge is 0.434 e. The SMILES string of the molecule is CCNC(=NCc1cc(C)ccc1OC(F)F)NCc1cccnc1N1CCOCC1. The molecule has 0 aliphatic carbocycles. The number of rotatable bonds is 8. The maximum absolute atomic E-state index is 12.7. The highest BCUT2D eigenvalue weighted by molar-refractivity contribution is 5.80. The zero-order chi connectivity index (χ0) is 22.1. The number of ether oxygens (including phenoxy) is 2. The highest BCUT2D eigenvalue weighted by Gasteiger charge is 2.16. The number of nitrogens with zero attached hydrogens (tertiary/aromatic N) is 3. The molecule has 1 fully saturated rings. The van der Waals surface area contributed by atoms with Crippen LogP contribution in [0.25, 0.3) is 0 Å². The standard InChI is InChI=1S/C22H29F2N5O2/c1-3-25-22(28-15-18-13-16(2)6-7-19(18)31-21(23)24)27-14-17-5-4-8-26-20(17)29-9-11-30-12-10-29/h4-8,13,21H,3,9-12,14-15H2,1-2H3,(H2,25,27,28). The number of halogens is 2. The van der Waals surface area contributed by atoms with E-state index in [1.807, 2.05) is 32.0 Å². The van der Waals surface area contributed by atoms with Crippen molar-refractivity contribution in [3.05, 3.63) is 53.2 Å². The van der Waals surface area contributed by atoms with Gasteiger partial charge in [0.2, 0.25) is 0 Å². The molecule has 1 aliphatic rings. The Labute approximate surface area is 181 Å². The predicted octanol–water partition coefficient (Wildman–Crippen LogP) is 3.08. The van der Waals surface area contributed by atoms with Gasteiger partial charge >= 0.3 is 6.61 Å². The first-order chi connectivity index (χ1) is 15.1. The Hall–Kier alpha value is -2.94. The van der Waals surface area contributed by atoms with Gasteiger partial charge in [-0.2, -0.15) is 8.78 Å². The van der Waals surface area contributed by atoms with Crippen LogP contribution in [0.3, 0.4) is 0 Å². The fourth-order valence-corrected chi connectivity index (χ4v) is 3.36. The van der Waals surface area contributed by atoms with Gasteiger partial charge < -0.3 is 25.0 Å². The molecule has 0 bridgehead atoms. The smallest absolute Gasteiger partial charge is 0.387 e. The van der Waals surface area contributed by atoms with Crippen molar-refractivity contribution >= 4 is 11.8 Å². The van der Waals surface area contributed by atoms with Gasteiger partial charge in [0, 0.05) is 43.5 Å². The number of hydrogen-bond donors (Lipinski definition) is 2. The van der Waals surface area contributed by atoms with Crippen molar-refractivity contribution in [2.45, 2.75) is 33.5 Å². The molecule has 168 valence electrons. The van der Waals surface area contributed by atoms with Crippen LogP contribution in [-0.4, -0.2) is 50.4 Å². The Balaban J connectivity index is 1.71. The quantitative estimate of drug-likeness (QED) is 0.493. The highest BCUT2D eigenvalue weighted by atomic mass is 19.3.